The molecule has 4 rings (SSSR count). The predicted molar refractivity (Wildman–Crippen MR) is 148 cm³/mol. The molecule has 0 amide bonds. The van der Waals surface area contributed by atoms with Gasteiger partial charge in [0.2, 0.25) is 0 Å². The summed E-state index contributed by atoms with van der Waals surface area (Å²) in [5.74, 6) is 2.32. The molecule has 4 aromatic rings. The van der Waals surface area contributed by atoms with E-state index in [9.17, 15) is 0 Å². The molecule has 0 heterocycles. The highest BCUT2D eigenvalue weighted by Crippen LogP contribution is 2.55. The molecule has 0 unspecified atom stereocenters. The van der Waals surface area contributed by atoms with E-state index in [1.807, 2.05) is 125 Å². The van der Waals surface area contributed by atoms with Gasteiger partial charge in [-0.05, 0) is 76.2 Å². The van der Waals surface area contributed by atoms with E-state index in [0.29, 0.717) is 23.0 Å². The smallest absolute Gasteiger partial charge is 0.422 e. The lowest BCUT2D eigenvalue weighted by Crippen LogP contribution is -2.11. The number of hydrogen-bond donors (Lipinski definition) is 1. The van der Waals surface area contributed by atoms with Crippen molar-refractivity contribution < 1.29 is 18.1 Å². The van der Waals surface area contributed by atoms with Gasteiger partial charge in [-0.15, -0.1) is 4.52 Å². The van der Waals surface area contributed by atoms with E-state index in [2.05, 4.69) is 0 Å². The molecule has 6 nitrogen and oxygen atoms in total. The van der Waals surface area contributed by atoms with Crippen LogP contribution < -0.4 is 23.6 Å². The van der Waals surface area contributed by atoms with Gasteiger partial charge in [-0.2, -0.15) is 0 Å². The standard InChI is InChI=1S/C28H30N2O4P2/c1-21-5-13-25(14-6-21)31-35(32-26-15-7-22(2)8-16-26)30-36(29,33-27-17-9-23(3)10-18-27)34-28-19-11-24(4)12-20-28/h5-20H,29H2,1-4H3. The van der Waals surface area contributed by atoms with Gasteiger partial charge < -0.3 is 18.1 Å². The highest BCUT2D eigenvalue weighted by molar-refractivity contribution is 7.63. The Hall–Kier alpha value is -3.30. The van der Waals surface area contributed by atoms with Crippen molar-refractivity contribution in [2.24, 2.45) is 10.0 Å². The minimum absolute atomic E-state index is 0.549. The van der Waals surface area contributed by atoms with Crippen LogP contribution in [-0.2, 0) is 0 Å². The van der Waals surface area contributed by atoms with Gasteiger partial charge in [0.25, 0.3) is 0 Å². The Bertz CT molecular complexity index is 1230. The Kier molecular flexibility index (Phi) is 8.32. The van der Waals surface area contributed by atoms with Gasteiger partial charge >= 0.3 is 16.2 Å². The fourth-order valence-electron chi connectivity index (χ4n) is 3.09. The summed E-state index contributed by atoms with van der Waals surface area (Å²) in [5, 5.41) is 0. The molecule has 0 aromatic heterocycles. The summed E-state index contributed by atoms with van der Waals surface area (Å²) in [5.41, 5.74) is 11.2. The third-order valence-electron chi connectivity index (χ3n) is 5.12. The van der Waals surface area contributed by atoms with Crippen LogP contribution in [0.1, 0.15) is 22.3 Å². The van der Waals surface area contributed by atoms with Gasteiger partial charge in [0, 0.05) is 0 Å². The molecule has 4 aromatic carbocycles. The van der Waals surface area contributed by atoms with Crippen molar-refractivity contribution in [2.75, 3.05) is 0 Å². The first-order valence-corrected chi connectivity index (χ1v) is 14.3. The SMILES string of the molecule is Cc1ccc(OP(N=P(N)(Oc2ccc(C)cc2)Oc2ccc(C)cc2)Oc2ccc(C)cc2)cc1. The average molecular weight is 521 g/mol. The van der Waals surface area contributed by atoms with Crippen LogP contribution in [0.3, 0.4) is 0 Å². The van der Waals surface area contributed by atoms with Gasteiger partial charge in [0.1, 0.15) is 23.0 Å². The zero-order valence-corrected chi connectivity index (χ0v) is 22.6. The Morgan fingerprint density at radius 3 is 1.08 bits per heavy atom. The summed E-state index contributed by atoms with van der Waals surface area (Å²) in [6.07, 6.45) is 0. The molecule has 0 saturated heterocycles. The summed E-state index contributed by atoms with van der Waals surface area (Å²) in [7, 11) is -5.31. The number of nitrogens with two attached hydrogens (primary N) is 1. The molecule has 0 spiro atoms. The molecule has 0 radical (unpaired) electrons. The van der Waals surface area contributed by atoms with Gasteiger partial charge in [-0.3, -0.25) is 0 Å². The summed E-state index contributed by atoms with van der Waals surface area (Å²) in [4.78, 5) is 0. The minimum Gasteiger partial charge on any atom is -0.422 e. The van der Waals surface area contributed by atoms with Gasteiger partial charge in [-0.1, -0.05) is 70.8 Å². The molecule has 0 aliphatic heterocycles. The molecule has 0 saturated carbocycles. The van der Waals surface area contributed by atoms with E-state index in [1.54, 1.807) is 0 Å². The zero-order valence-electron chi connectivity index (χ0n) is 20.8. The van der Waals surface area contributed by atoms with Crippen LogP contribution in [-0.4, -0.2) is 0 Å². The van der Waals surface area contributed by atoms with Crippen molar-refractivity contribution in [3.8, 4) is 23.0 Å². The molecule has 0 aliphatic rings. The van der Waals surface area contributed by atoms with Crippen LogP contribution >= 0.6 is 16.2 Å². The van der Waals surface area contributed by atoms with E-state index in [-0.39, 0.29) is 0 Å². The minimum atomic E-state index is -3.39. The highest BCUT2D eigenvalue weighted by Gasteiger charge is 2.27. The van der Waals surface area contributed by atoms with Crippen molar-refractivity contribution in [2.45, 2.75) is 27.7 Å². The van der Waals surface area contributed by atoms with Crippen molar-refractivity contribution >= 4 is 16.2 Å². The Labute approximate surface area is 214 Å². The maximum atomic E-state index is 6.75. The Balaban J connectivity index is 1.72. The number of aryl methyl sites for hydroxylation is 4. The van der Waals surface area contributed by atoms with Gasteiger partial charge in [-0.25, -0.2) is 5.50 Å². The second-order valence-electron chi connectivity index (χ2n) is 8.51. The third-order valence-corrected chi connectivity index (χ3v) is 8.38. The molecule has 0 aliphatic carbocycles. The quantitative estimate of drug-likeness (QED) is 0.224. The van der Waals surface area contributed by atoms with Crippen LogP contribution in [0, 0.1) is 27.7 Å². The predicted octanol–water partition coefficient (Wildman–Crippen LogP) is 8.67. The third kappa shape index (κ3) is 7.60. The number of nitrogens with zero attached hydrogens (tertiary/aromatic N) is 1. The lowest BCUT2D eigenvalue weighted by molar-refractivity contribution is 0.467. The maximum absolute atomic E-state index is 6.75. The van der Waals surface area contributed by atoms with Crippen LogP contribution in [0.4, 0.5) is 0 Å². The van der Waals surface area contributed by atoms with Crippen molar-refractivity contribution in [3.05, 3.63) is 119 Å². The first-order chi connectivity index (χ1) is 17.3. The number of benzene rings is 4. The number of hydrogen-bond acceptors (Lipinski definition) is 5. The largest absolute Gasteiger partial charge is 0.443 e. The van der Waals surface area contributed by atoms with Crippen molar-refractivity contribution in [1.82, 2.24) is 0 Å². The van der Waals surface area contributed by atoms with Crippen LogP contribution in [0.25, 0.3) is 0 Å². The topological polar surface area (TPSA) is 75.3 Å². The Morgan fingerprint density at radius 2 is 0.778 bits per heavy atom. The van der Waals surface area contributed by atoms with Crippen molar-refractivity contribution in [1.29, 1.82) is 0 Å². The van der Waals surface area contributed by atoms with E-state index in [0.717, 1.165) is 22.3 Å². The summed E-state index contributed by atoms with van der Waals surface area (Å²) >= 11 is 0. The van der Waals surface area contributed by atoms with E-state index in [4.69, 9.17) is 28.1 Å². The fourth-order valence-corrected chi connectivity index (χ4v) is 6.02. The molecule has 0 fully saturated rings. The maximum Gasteiger partial charge on any atom is 0.443 e. The summed E-state index contributed by atoms with van der Waals surface area (Å²) in [6, 6.07) is 30.5. The first kappa shape index (κ1) is 25.8. The van der Waals surface area contributed by atoms with Crippen LogP contribution in [0.2, 0.25) is 0 Å². The molecular formula is C28H30N2O4P2. The zero-order chi connectivity index (χ0) is 25.5. The first-order valence-electron chi connectivity index (χ1n) is 11.5. The molecule has 36 heavy (non-hydrogen) atoms. The monoisotopic (exact) mass is 520 g/mol. The molecule has 0 bridgehead atoms. The Morgan fingerprint density at radius 1 is 0.500 bits per heavy atom. The normalized spacial score (nSPS) is 11.2. The molecule has 8 heteroatoms. The fraction of sp³-hybridized carbons (Fsp3) is 0.143. The summed E-state index contributed by atoms with van der Waals surface area (Å²) in [6.45, 7) is 8.04. The lowest BCUT2D eigenvalue weighted by Gasteiger charge is -2.23. The highest BCUT2D eigenvalue weighted by atomic mass is 31.2. The average Bonchev–Trinajstić information content (AvgIpc) is 2.85. The second kappa shape index (κ2) is 11.6. The second-order valence-corrected chi connectivity index (χ2v) is 11.6. The van der Waals surface area contributed by atoms with Crippen LogP contribution in [0.5, 0.6) is 23.0 Å². The lowest BCUT2D eigenvalue weighted by atomic mass is 10.2. The molecule has 186 valence electrons. The van der Waals surface area contributed by atoms with E-state index < -0.39 is 16.2 Å². The molecular weight excluding hydrogens is 490 g/mol. The van der Waals surface area contributed by atoms with Gasteiger partial charge in [0.15, 0.2) is 0 Å². The molecule has 2 N–H and O–H groups in total. The summed E-state index contributed by atoms with van der Waals surface area (Å²) < 4.78 is 29.5. The molecule has 0 atom stereocenters. The van der Waals surface area contributed by atoms with E-state index in [1.165, 1.54) is 0 Å². The van der Waals surface area contributed by atoms with Crippen molar-refractivity contribution in [3.63, 3.8) is 0 Å². The van der Waals surface area contributed by atoms with Crippen LogP contribution in [0.15, 0.2) is 102 Å². The van der Waals surface area contributed by atoms with E-state index >= 15 is 0 Å². The van der Waals surface area contributed by atoms with Gasteiger partial charge in [0.05, 0.1) is 0 Å². The number of rotatable bonds is 9.